The number of aryl methyl sites for hydroxylation is 2. The van der Waals surface area contributed by atoms with E-state index in [0.717, 1.165) is 45.6 Å². The number of hydrogen-bond donors (Lipinski definition) is 2. The van der Waals surface area contributed by atoms with Crippen molar-refractivity contribution in [2.24, 2.45) is 0 Å². The molecule has 0 unspecified atom stereocenters. The van der Waals surface area contributed by atoms with Crippen LogP contribution in [0.15, 0.2) is 24.3 Å². The van der Waals surface area contributed by atoms with Gasteiger partial charge < -0.3 is 10.6 Å². The average molecular weight is 367 g/mol. The van der Waals surface area contributed by atoms with E-state index >= 15 is 0 Å². The van der Waals surface area contributed by atoms with Gasteiger partial charge in [-0.2, -0.15) is 0 Å². The predicted molar refractivity (Wildman–Crippen MR) is 113 cm³/mol. The smallest absolute Gasteiger partial charge is 0.224 e. The molecule has 2 rings (SSSR count). The molecule has 0 fully saturated rings. The Morgan fingerprint density at radius 3 is 2.26 bits per heavy atom. The molecule has 0 radical (unpaired) electrons. The van der Waals surface area contributed by atoms with Crippen LogP contribution in [-0.2, 0) is 11.3 Å². The van der Waals surface area contributed by atoms with Gasteiger partial charge in [0, 0.05) is 29.9 Å². The van der Waals surface area contributed by atoms with Crippen molar-refractivity contribution < 1.29 is 9.59 Å². The average Bonchev–Trinajstić information content (AvgIpc) is 2.57. The van der Waals surface area contributed by atoms with Gasteiger partial charge in [0.2, 0.25) is 5.91 Å². The molecule has 0 saturated heterocycles. The first-order chi connectivity index (χ1) is 12.8. The van der Waals surface area contributed by atoms with Crippen molar-refractivity contribution in [2.75, 3.05) is 10.6 Å². The van der Waals surface area contributed by atoms with E-state index in [1.54, 1.807) is 6.92 Å². The molecule has 4 nitrogen and oxygen atoms in total. The molecule has 0 aromatic heterocycles. The van der Waals surface area contributed by atoms with Gasteiger partial charge in [0.15, 0.2) is 5.78 Å². The summed E-state index contributed by atoms with van der Waals surface area (Å²) >= 11 is 0. The summed E-state index contributed by atoms with van der Waals surface area (Å²) in [4.78, 5) is 23.9. The minimum absolute atomic E-state index is 0.0362. The number of benzene rings is 2. The molecule has 2 aromatic rings. The summed E-state index contributed by atoms with van der Waals surface area (Å²) in [6.07, 6.45) is 1.35. The Kier molecular flexibility index (Phi) is 6.78. The molecule has 0 atom stereocenters. The van der Waals surface area contributed by atoms with Crippen LogP contribution in [0.1, 0.15) is 64.9 Å². The van der Waals surface area contributed by atoms with Gasteiger partial charge in [-0.25, -0.2) is 0 Å². The van der Waals surface area contributed by atoms with Gasteiger partial charge in [-0.05, 0) is 81.0 Å². The molecule has 0 heterocycles. The van der Waals surface area contributed by atoms with Crippen LogP contribution in [0.25, 0.3) is 0 Å². The zero-order valence-electron chi connectivity index (χ0n) is 17.2. The molecule has 1 amide bonds. The first-order valence-corrected chi connectivity index (χ1v) is 9.50. The second kappa shape index (κ2) is 8.85. The summed E-state index contributed by atoms with van der Waals surface area (Å²) in [7, 11) is 0. The summed E-state index contributed by atoms with van der Waals surface area (Å²) in [5, 5.41) is 6.46. The molecule has 0 aliphatic carbocycles. The third kappa shape index (κ3) is 4.76. The van der Waals surface area contributed by atoms with Crippen molar-refractivity contribution in [3.8, 4) is 0 Å². The van der Waals surface area contributed by atoms with Crippen LogP contribution in [0, 0.1) is 27.7 Å². The number of ketones is 1. The lowest BCUT2D eigenvalue weighted by Gasteiger charge is -2.18. The predicted octanol–water partition coefficient (Wildman–Crippen LogP) is 5.47. The Hall–Kier alpha value is -2.62. The fourth-order valence-corrected chi connectivity index (χ4v) is 3.63. The van der Waals surface area contributed by atoms with Crippen molar-refractivity contribution in [3.05, 3.63) is 57.6 Å². The maximum Gasteiger partial charge on any atom is 0.224 e. The molecule has 4 heteroatoms. The fraction of sp³-hybridized carbons (Fsp3) is 0.391. The van der Waals surface area contributed by atoms with Crippen LogP contribution in [-0.4, -0.2) is 11.7 Å². The van der Waals surface area contributed by atoms with Gasteiger partial charge in [0.05, 0.1) is 0 Å². The molecule has 0 aliphatic heterocycles. The number of carbonyl (C=O) groups is 2. The number of nitrogens with one attached hydrogen (secondary N) is 2. The summed E-state index contributed by atoms with van der Waals surface area (Å²) in [5.74, 6) is 0.136. The van der Waals surface area contributed by atoms with Gasteiger partial charge in [-0.1, -0.05) is 19.1 Å². The summed E-state index contributed by atoms with van der Waals surface area (Å²) < 4.78 is 0. The van der Waals surface area contributed by atoms with Crippen LogP contribution < -0.4 is 10.6 Å². The quantitative estimate of drug-likeness (QED) is 0.639. The first-order valence-electron chi connectivity index (χ1n) is 9.50. The van der Waals surface area contributed by atoms with Crippen molar-refractivity contribution >= 4 is 23.1 Å². The summed E-state index contributed by atoms with van der Waals surface area (Å²) in [6.45, 7) is 12.3. The molecule has 144 valence electrons. The standard InChI is InChI=1S/C23H30N2O2/c1-7-9-22(27)25-21-11-8-10-20(17(21)5)24-13-19-14(2)12-15(3)23(16(19)4)18(6)26/h8,10-12,24H,7,9,13H2,1-6H3,(H,25,27). The second-order valence-electron chi connectivity index (χ2n) is 7.17. The van der Waals surface area contributed by atoms with Gasteiger partial charge in [-0.3, -0.25) is 9.59 Å². The SMILES string of the molecule is CCCC(=O)Nc1cccc(NCc2c(C)cc(C)c(C(C)=O)c2C)c1C. The van der Waals surface area contributed by atoms with Crippen molar-refractivity contribution in [1.29, 1.82) is 0 Å². The monoisotopic (exact) mass is 366 g/mol. The van der Waals surface area contributed by atoms with E-state index < -0.39 is 0 Å². The zero-order chi connectivity index (χ0) is 20.1. The lowest BCUT2D eigenvalue weighted by molar-refractivity contribution is -0.116. The molecule has 2 aromatic carbocycles. The molecule has 0 spiro atoms. The van der Waals surface area contributed by atoms with Crippen LogP contribution >= 0.6 is 0 Å². The van der Waals surface area contributed by atoms with Crippen LogP contribution in [0.4, 0.5) is 11.4 Å². The van der Waals surface area contributed by atoms with Crippen molar-refractivity contribution in [3.63, 3.8) is 0 Å². The van der Waals surface area contributed by atoms with Crippen molar-refractivity contribution in [2.45, 2.75) is 60.9 Å². The van der Waals surface area contributed by atoms with Gasteiger partial charge in [0.25, 0.3) is 0 Å². The van der Waals surface area contributed by atoms with Crippen LogP contribution in [0.2, 0.25) is 0 Å². The minimum atomic E-state index is 0.0362. The second-order valence-corrected chi connectivity index (χ2v) is 7.17. The number of rotatable bonds is 7. The molecule has 0 aliphatic rings. The Bertz CT molecular complexity index is 869. The highest BCUT2D eigenvalue weighted by Gasteiger charge is 2.15. The molecular formula is C23H30N2O2. The van der Waals surface area contributed by atoms with Gasteiger partial charge in [0.1, 0.15) is 0 Å². The highest BCUT2D eigenvalue weighted by Crippen LogP contribution is 2.27. The lowest BCUT2D eigenvalue weighted by atomic mass is 9.91. The van der Waals surface area contributed by atoms with Crippen LogP contribution in [0.5, 0.6) is 0 Å². The minimum Gasteiger partial charge on any atom is -0.381 e. The van der Waals surface area contributed by atoms with E-state index in [4.69, 9.17) is 0 Å². The van der Waals surface area contributed by atoms with Crippen LogP contribution in [0.3, 0.4) is 0 Å². The maximum absolute atomic E-state index is 12.0. The number of amides is 1. The molecule has 0 bridgehead atoms. The maximum atomic E-state index is 12.0. The summed E-state index contributed by atoms with van der Waals surface area (Å²) in [6, 6.07) is 7.95. The normalized spacial score (nSPS) is 10.6. The van der Waals surface area contributed by atoms with Gasteiger partial charge >= 0.3 is 0 Å². The topological polar surface area (TPSA) is 58.2 Å². The van der Waals surface area contributed by atoms with E-state index in [1.807, 2.05) is 45.9 Å². The Morgan fingerprint density at radius 2 is 1.63 bits per heavy atom. The van der Waals surface area contributed by atoms with Crippen molar-refractivity contribution in [1.82, 2.24) is 0 Å². The van der Waals surface area contributed by atoms with E-state index in [2.05, 4.69) is 23.6 Å². The van der Waals surface area contributed by atoms with E-state index in [-0.39, 0.29) is 11.7 Å². The number of anilines is 2. The Morgan fingerprint density at radius 1 is 0.963 bits per heavy atom. The Balaban J connectivity index is 2.26. The fourth-order valence-electron chi connectivity index (χ4n) is 3.63. The molecular weight excluding hydrogens is 336 g/mol. The highest BCUT2D eigenvalue weighted by molar-refractivity contribution is 5.97. The van der Waals surface area contributed by atoms with E-state index in [9.17, 15) is 9.59 Å². The largest absolute Gasteiger partial charge is 0.381 e. The number of Topliss-reactive ketones (excluding diaryl/α,β-unsaturated/α-hetero) is 1. The molecule has 27 heavy (non-hydrogen) atoms. The van der Waals surface area contributed by atoms with E-state index in [0.29, 0.717) is 13.0 Å². The number of hydrogen-bond acceptors (Lipinski definition) is 3. The molecule has 2 N–H and O–H groups in total. The number of carbonyl (C=O) groups excluding carboxylic acids is 2. The third-order valence-electron chi connectivity index (χ3n) is 5.02. The van der Waals surface area contributed by atoms with E-state index in [1.165, 1.54) is 5.56 Å². The summed E-state index contributed by atoms with van der Waals surface area (Å²) in [5.41, 5.74) is 8.02. The molecule has 0 saturated carbocycles. The first kappa shape index (κ1) is 20.7. The lowest BCUT2D eigenvalue weighted by Crippen LogP contribution is -2.13. The zero-order valence-corrected chi connectivity index (χ0v) is 17.2. The highest BCUT2D eigenvalue weighted by atomic mass is 16.1. The third-order valence-corrected chi connectivity index (χ3v) is 5.02. The van der Waals surface area contributed by atoms with Gasteiger partial charge in [-0.15, -0.1) is 0 Å². The Labute approximate surface area is 162 Å².